The number of anilines is 1. The summed E-state index contributed by atoms with van der Waals surface area (Å²) in [6.45, 7) is 5.43. The lowest BCUT2D eigenvalue weighted by Gasteiger charge is -2.19. The fraction of sp³-hybridized carbons (Fsp3) is 0.500. The minimum atomic E-state index is -4.49. The molecule has 5 nitrogen and oxygen atoms in total. The molecule has 0 bridgehead atoms. The lowest BCUT2D eigenvalue weighted by atomic mass is 9.96. The quantitative estimate of drug-likeness (QED) is 0.916. The second kappa shape index (κ2) is 6.33. The van der Waals surface area contributed by atoms with Crippen molar-refractivity contribution in [1.29, 1.82) is 0 Å². The van der Waals surface area contributed by atoms with Crippen LogP contribution in [0.5, 0.6) is 0 Å². The van der Waals surface area contributed by atoms with Gasteiger partial charge < -0.3 is 10.1 Å². The van der Waals surface area contributed by atoms with E-state index in [9.17, 15) is 22.8 Å². The molecule has 0 radical (unpaired) electrons. The van der Waals surface area contributed by atoms with E-state index in [0.717, 1.165) is 17.0 Å². The van der Waals surface area contributed by atoms with Crippen LogP contribution in [0, 0.1) is 5.41 Å². The molecule has 2 amide bonds. The van der Waals surface area contributed by atoms with Crippen LogP contribution < -0.4 is 10.2 Å². The van der Waals surface area contributed by atoms with E-state index in [-0.39, 0.29) is 24.7 Å². The summed E-state index contributed by atoms with van der Waals surface area (Å²) in [6, 6.07) is 4.48. The van der Waals surface area contributed by atoms with Crippen molar-refractivity contribution in [2.45, 2.75) is 33.1 Å². The van der Waals surface area contributed by atoms with Crippen molar-refractivity contribution >= 4 is 17.7 Å². The van der Waals surface area contributed by atoms with E-state index in [1.165, 1.54) is 12.1 Å². The van der Waals surface area contributed by atoms with Gasteiger partial charge in [0.15, 0.2) is 0 Å². The predicted octanol–water partition coefficient (Wildman–Crippen LogP) is 3.19. The summed E-state index contributed by atoms with van der Waals surface area (Å²) in [5.74, 6) is -0.198. The van der Waals surface area contributed by atoms with Crippen molar-refractivity contribution in [1.82, 2.24) is 5.32 Å². The minimum Gasteiger partial charge on any atom is -0.442 e. The smallest absolute Gasteiger partial charge is 0.416 e. The van der Waals surface area contributed by atoms with Crippen LogP contribution >= 0.6 is 0 Å². The van der Waals surface area contributed by atoms with Crippen molar-refractivity contribution in [3.05, 3.63) is 29.8 Å². The Kier molecular flexibility index (Phi) is 4.77. The SMILES string of the molecule is CC(C)(C)C(=O)NCC1CN(c2cccc(C(F)(F)F)c2)C(=O)O1. The number of rotatable bonds is 3. The van der Waals surface area contributed by atoms with Crippen molar-refractivity contribution in [2.75, 3.05) is 18.0 Å². The number of hydrogen-bond acceptors (Lipinski definition) is 3. The number of cyclic esters (lactones) is 1. The van der Waals surface area contributed by atoms with Crippen LogP contribution in [0.2, 0.25) is 0 Å². The van der Waals surface area contributed by atoms with E-state index in [1.807, 2.05) is 0 Å². The lowest BCUT2D eigenvalue weighted by molar-refractivity contribution is -0.137. The Hall–Kier alpha value is -2.25. The molecule has 1 N–H and O–H groups in total. The van der Waals surface area contributed by atoms with Gasteiger partial charge in [0, 0.05) is 11.1 Å². The van der Waals surface area contributed by atoms with Crippen LogP contribution in [0.1, 0.15) is 26.3 Å². The summed E-state index contributed by atoms with van der Waals surface area (Å²) >= 11 is 0. The van der Waals surface area contributed by atoms with Gasteiger partial charge in [-0.3, -0.25) is 9.69 Å². The Morgan fingerprint density at radius 3 is 2.58 bits per heavy atom. The molecule has 1 aliphatic heterocycles. The van der Waals surface area contributed by atoms with Gasteiger partial charge in [-0.05, 0) is 18.2 Å². The third kappa shape index (κ3) is 4.18. The summed E-state index contributed by atoms with van der Waals surface area (Å²) in [7, 11) is 0. The number of benzene rings is 1. The van der Waals surface area contributed by atoms with E-state index in [0.29, 0.717) is 0 Å². The highest BCUT2D eigenvalue weighted by molar-refractivity contribution is 5.90. The average molecular weight is 344 g/mol. The molecular formula is C16H19F3N2O3. The fourth-order valence-corrected chi connectivity index (χ4v) is 2.16. The number of nitrogens with zero attached hydrogens (tertiary/aromatic N) is 1. The molecule has 8 heteroatoms. The Morgan fingerprint density at radius 1 is 1.33 bits per heavy atom. The van der Waals surface area contributed by atoms with Gasteiger partial charge in [-0.15, -0.1) is 0 Å². The third-order valence-corrected chi connectivity index (χ3v) is 3.53. The molecule has 1 aromatic rings. The highest BCUT2D eigenvalue weighted by atomic mass is 19.4. The number of halogens is 3. The first-order chi connectivity index (χ1) is 11.0. The molecule has 0 aliphatic carbocycles. The van der Waals surface area contributed by atoms with Crippen molar-refractivity contribution < 1.29 is 27.5 Å². The first kappa shape index (κ1) is 18.1. The minimum absolute atomic E-state index is 0.0740. The first-order valence-corrected chi connectivity index (χ1v) is 7.42. The average Bonchev–Trinajstić information content (AvgIpc) is 2.84. The standard InChI is InChI=1S/C16H19F3N2O3/c1-15(2,3)13(22)20-8-12-9-21(14(23)24-12)11-6-4-5-10(7-11)16(17,18)19/h4-7,12H,8-9H2,1-3H3,(H,20,22). The largest absolute Gasteiger partial charge is 0.442 e. The number of hydrogen-bond donors (Lipinski definition) is 1. The third-order valence-electron chi connectivity index (χ3n) is 3.53. The molecule has 1 unspecified atom stereocenters. The van der Waals surface area contributed by atoms with Crippen LogP contribution in [0.4, 0.5) is 23.7 Å². The summed E-state index contributed by atoms with van der Waals surface area (Å²) < 4.78 is 43.4. The van der Waals surface area contributed by atoms with Crippen LogP contribution in [0.3, 0.4) is 0 Å². The summed E-state index contributed by atoms with van der Waals surface area (Å²) in [6.07, 6.45) is -5.83. The first-order valence-electron chi connectivity index (χ1n) is 7.42. The predicted molar refractivity (Wildman–Crippen MR) is 81.5 cm³/mol. The van der Waals surface area contributed by atoms with E-state index < -0.39 is 29.4 Å². The molecule has 24 heavy (non-hydrogen) atoms. The molecular weight excluding hydrogens is 325 g/mol. The summed E-state index contributed by atoms with van der Waals surface area (Å²) in [5.41, 5.74) is -1.31. The maximum atomic E-state index is 12.8. The van der Waals surface area contributed by atoms with Crippen LogP contribution in [0.25, 0.3) is 0 Å². The van der Waals surface area contributed by atoms with Crippen LogP contribution in [-0.2, 0) is 15.7 Å². The Morgan fingerprint density at radius 2 is 2.00 bits per heavy atom. The lowest BCUT2D eigenvalue weighted by Crippen LogP contribution is -2.40. The van der Waals surface area contributed by atoms with E-state index in [4.69, 9.17) is 4.74 Å². The highest BCUT2D eigenvalue weighted by Gasteiger charge is 2.35. The Balaban J connectivity index is 2.04. The molecule has 1 aliphatic rings. The number of carbonyl (C=O) groups excluding carboxylic acids is 2. The van der Waals surface area contributed by atoms with Crippen molar-refractivity contribution in [3.8, 4) is 0 Å². The van der Waals surface area contributed by atoms with Gasteiger partial charge in [-0.2, -0.15) is 13.2 Å². The Labute approximate surface area is 137 Å². The zero-order chi connectivity index (χ0) is 18.1. The topological polar surface area (TPSA) is 58.6 Å². The molecule has 1 heterocycles. The zero-order valence-corrected chi connectivity index (χ0v) is 13.6. The number of alkyl halides is 3. The maximum Gasteiger partial charge on any atom is 0.416 e. The van der Waals surface area contributed by atoms with Crippen LogP contribution in [0.15, 0.2) is 24.3 Å². The molecule has 1 aromatic carbocycles. The van der Waals surface area contributed by atoms with Gasteiger partial charge in [0.25, 0.3) is 0 Å². The molecule has 1 saturated heterocycles. The fourth-order valence-electron chi connectivity index (χ4n) is 2.16. The Bertz CT molecular complexity index is 638. The molecule has 0 spiro atoms. The van der Waals surface area contributed by atoms with Crippen LogP contribution in [-0.4, -0.2) is 31.2 Å². The number of ether oxygens (including phenoxy) is 1. The molecule has 1 atom stereocenters. The molecule has 0 saturated carbocycles. The van der Waals surface area contributed by atoms with Gasteiger partial charge >= 0.3 is 12.3 Å². The van der Waals surface area contributed by atoms with Gasteiger partial charge in [-0.25, -0.2) is 4.79 Å². The maximum absolute atomic E-state index is 12.8. The van der Waals surface area contributed by atoms with Gasteiger partial charge in [0.05, 0.1) is 18.7 Å². The number of carbonyl (C=O) groups is 2. The number of amides is 2. The molecule has 2 rings (SSSR count). The number of nitrogens with one attached hydrogen (secondary N) is 1. The zero-order valence-electron chi connectivity index (χ0n) is 13.6. The van der Waals surface area contributed by atoms with Crippen molar-refractivity contribution in [2.24, 2.45) is 5.41 Å². The van der Waals surface area contributed by atoms with Crippen molar-refractivity contribution in [3.63, 3.8) is 0 Å². The molecule has 132 valence electrons. The molecule has 1 fully saturated rings. The van der Waals surface area contributed by atoms with Gasteiger partial charge in [-0.1, -0.05) is 26.8 Å². The second-order valence-electron chi connectivity index (χ2n) is 6.62. The van der Waals surface area contributed by atoms with E-state index in [2.05, 4.69) is 5.32 Å². The monoisotopic (exact) mass is 344 g/mol. The highest BCUT2D eigenvalue weighted by Crippen LogP contribution is 2.32. The van der Waals surface area contributed by atoms with Gasteiger partial charge in [0.1, 0.15) is 6.10 Å². The second-order valence-corrected chi connectivity index (χ2v) is 6.62. The summed E-state index contributed by atoms with van der Waals surface area (Å²) in [5, 5.41) is 2.67. The van der Waals surface area contributed by atoms with E-state index in [1.54, 1.807) is 20.8 Å². The normalized spacial score (nSPS) is 18.5. The molecule has 0 aromatic heterocycles. The summed E-state index contributed by atoms with van der Waals surface area (Å²) in [4.78, 5) is 24.8. The van der Waals surface area contributed by atoms with E-state index >= 15 is 0 Å². The van der Waals surface area contributed by atoms with Gasteiger partial charge in [0.2, 0.25) is 5.91 Å².